The number of rotatable bonds is 7. The van der Waals surface area contributed by atoms with E-state index in [0.29, 0.717) is 29.9 Å². The van der Waals surface area contributed by atoms with Crippen molar-refractivity contribution in [1.29, 1.82) is 0 Å². The monoisotopic (exact) mass is 454 g/mol. The molecule has 32 heavy (non-hydrogen) atoms. The van der Waals surface area contributed by atoms with Crippen LogP contribution in [0.25, 0.3) is 0 Å². The van der Waals surface area contributed by atoms with E-state index >= 15 is 0 Å². The van der Waals surface area contributed by atoms with Crippen molar-refractivity contribution >= 4 is 17.8 Å². The van der Waals surface area contributed by atoms with Gasteiger partial charge in [-0.25, -0.2) is 8.78 Å². The number of fused-ring (bicyclic) bond motifs is 1. The first kappa shape index (κ1) is 24.1. The second kappa shape index (κ2) is 9.50. The third-order valence-corrected chi connectivity index (χ3v) is 6.62. The lowest BCUT2D eigenvalue weighted by atomic mass is 9.79. The van der Waals surface area contributed by atoms with Gasteiger partial charge in [-0.05, 0) is 42.8 Å². The van der Waals surface area contributed by atoms with Crippen LogP contribution in [0.15, 0.2) is 30.3 Å². The molecule has 0 radical (unpaired) electrons. The van der Waals surface area contributed by atoms with Gasteiger partial charge >= 0.3 is 11.9 Å². The summed E-state index contributed by atoms with van der Waals surface area (Å²) in [6.45, 7) is 2.46. The van der Waals surface area contributed by atoms with Crippen molar-refractivity contribution in [3.8, 4) is 0 Å². The third-order valence-electron chi connectivity index (χ3n) is 6.62. The smallest absolute Gasteiger partial charge is 0.314 e. The molecule has 1 amide bonds. The van der Waals surface area contributed by atoms with Crippen LogP contribution in [0.1, 0.15) is 31.2 Å². The Kier molecular flexibility index (Phi) is 7.14. The second-order valence-corrected chi connectivity index (χ2v) is 8.75. The van der Waals surface area contributed by atoms with Crippen LogP contribution in [-0.4, -0.2) is 58.7 Å². The summed E-state index contributed by atoms with van der Waals surface area (Å²) in [6, 6.07) is 8.51. The molecule has 1 aromatic carbocycles. The molecule has 3 aliphatic rings. The highest BCUT2D eigenvalue weighted by Gasteiger charge is 2.55. The van der Waals surface area contributed by atoms with E-state index in [1.54, 1.807) is 30.3 Å². The fraction of sp³-hybridized carbons (Fsp3) is 0.591. The Labute approximate surface area is 184 Å². The first-order valence-corrected chi connectivity index (χ1v) is 10.6. The van der Waals surface area contributed by atoms with Crippen molar-refractivity contribution in [2.45, 2.75) is 37.2 Å². The van der Waals surface area contributed by atoms with Crippen molar-refractivity contribution in [1.82, 2.24) is 10.6 Å². The van der Waals surface area contributed by atoms with Crippen LogP contribution in [0, 0.1) is 23.7 Å². The molecule has 5 atom stereocenters. The molecular weight excluding hydrogens is 426 g/mol. The molecule has 0 aromatic heterocycles. The highest BCUT2D eigenvalue weighted by Crippen LogP contribution is 2.49. The van der Waals surface area contributed by atoms with Crippen LogP contribution in [0.3, 0.4) is 0 Å². The number of benzene rings is 1. The zero-order valence-electron chi connectivity index (χ0n) is 17.5. The standard InChI is InChI=1S/C19H24F2N2O2.C3H4O4/c20-18(21)7-6-13(8-18)19(25,12-4-2-1-3-5-12)17(24)23-11-16-14-9-22-10-15(14)16;4-2(5)1-3(6)7/h1-5,13-16,22,25H,6-11H2,(H,23,24);1H2,(H,4,5)(H,6,7)/t13?,14-,15+,16?,19?;. The van der Waals surface area contributed by atoms with Crippen molar-refractivity contribution in [3.05, 3.63) is 35.9 Å². The molecule has 2 aliphatic carbocycles. The predicted molar refractivity (Wildman–Crippen MR) is 109 cm³/mol. The van der Waals surface area contributed by atoms with E-state index in [4.69, 9.17) is 10.2 Å². The van der Waals surface area contributed by atoms with Crippen LogP contribution in [0.2, 0.25) is 0 Å². The number of halogens is 2. The van der Waals surface area contributed by atoms with E-state index in [2.05, 4.69) is 10.6 Å². The van der Waals surface area contributed by atoms with Gasteiger partial charge in [0, 0.05) is 25.3 Å². The summed E-state index contributed by atoms with van der Waals surface area (Å²) >= 11 is 0. The number of carboxylic acids is 2. The van der Waals surface area contributed by atoms with Gasteiger partial charge in [-0.3, -0.25) is 14.4 Å². The molecule has 1 heterocycles. The fourth-order valence-electron chi connectivity index (χ4n) is 4.88. The first-order chi connectivity index (χ1) is 15.0. The van der Waals surface area contributed by atoms with E-state index in [0.717, 1.165) is 13.1 Å². The lowest BCUT2D eigenvalue weighted by Crippen LogP contribution is -2.50. The fourth-order valence-corrected chi connectivity index (χ4v) is 4.88. The summed E-state index contributed by atoms with van der Waals surface area (Å²) in [6.07, 6.45) is -1.40. The lowest BCUT2D eigenvalue weighted by molar-refractivity contribution is -0.149. The maximum atomic E-state index is 13.7. The largest absolute Gasteiger partial charge is 0.481 e. The van der Waals surface area contributed by atoms with Gasteiger partial charge in [0.15, 0.2) is 5.60 Å². The minimum atomic E-state index is -2.81. The van der Waals surface area contributed by atoms with Gasteiger partial charge < -0.3 is 26.0 Å². The third kappa shape index (κ3) is 5.42. The summed E-state index contributed by atoms with van der Waals surface area (Å²) < 4.78 is 27.5. The molecule has 1 aromatic rings. The van der Waals surface area contributed by atoms with Gasteiger partial charge in [0.25, 0.3) is 5.91 Å². The normalized spacial score (nSPS) is 29.1. The van der Waals surface area contributed by atoms with Crippen molar-refractivity contribution in [2.75, 3.05) is 19.6 Å². The number of hydrogen-bond acceptors (Lipinski definition) is 5. The van der Waals surface area contributed by atoms with Crippen LogP contribution < -0.4 is 10.6 Å². The predicted octanol–water partition coefficient (Wildman–Crippen LogP) is 1.44. The quantitative estimate of drug-likeness (QED) is 0.393. The number of amides is 1. The van der Waals surface area contributed by atoms with Crippen LogP contribution in [0.4, 0.5) is 8.78 Å². The molecule has 0 bridgehead atoms. The Hall–Kier alpha value is -2.59. The van der Waals surface area contributed by atoms with Crippen molar-refractivity contribution in [3.63, 3.8) is 0 Å². The average molecular weight is 454 g/mol. The summed E-state index contributed by atoms with van der Waals surface area (Å²) in [7, 11) is 0. The second-order valence-electron chi connectivity index (χ2n) is 8.75. The molecular formula is C22H28F2N2O6. The number of nitrogens with one attached hydrogen (secondary N) is 2. The van der Waals surface area contributed by atoms with Crippen molar-refractivity contribution in [2.24, 2.45) is 23.7 Å². The Morgan fingerprint density at radius 2 is 1.69 bits per heavy atom. The number of carbonyl (C=O) groups is 3. The Bertz CT molecular complexity index is 830. The number of alkyl halides is 2. The summed E-state index contributed by atoms with van der Waals surface area (Å²) in [5, 5.41) is 32.8. The molecule has 1 saturated heterocycles. The Balaban J connectivity index is 0.000000360. The average Bonchev–Trinajstić information content (AvgIpc) is 3.04. The highest BCUT2D eigenvalue weighted by atomic mass is 19.3. The molecule has 3 fully saturated rings. The SMILES string of the molecule is O=C(NCC1[C@H]2CNC[C@@H]12)C(O)(c1ccccc1)C1CCC(F)(F)C1.O=C(O)CC(=O)O. The summed E-state index contributed by atoms with van der Waals surface area (Å²) in [4.78, 5) is 31.8. The Morgan fingerprint density at radius 3 is 2.16 bits per heavy atom. The van der Waals surface area contributed by atoms with E-state index < -0.39 is 48.1 Å². The van der Waals surface area contributed by atoms with E-state index in [1.807, 2.05) is 0 Å². The van der Waals surface area contributed by atoms with Crippen LogP contribution >= 0.6 is 0 Å². The van der Waals surface area contributed by atoms with Crippen LogP contribution in [-0.2, 0) is 20.0 Å². The maximum absolute atomic E-state index is 13.7. The minimum Gasteiger partial charge on any atom is -0.481 e. The molecule has 5 N–H and O–H groups in total. The molecule has 1 aliphatic heterocycles. The van der Waals surface area contributed by atoms with Gasteiger partial charge in [0.05, 0.1) is 0 Å². The number of piperidine rings is 1. The number of hydrogen-bond donors (Lipinski definition) is 5. The maximum Gasteiger partial charge on any atom is 0.314 e. The molecule has 176 valence electrons. The number of carboxylic acid groups (broad SMARTS) is 2. The zero-order valence-corrected chi connectivity index (χ0v) is 17.5. The molecule has 3 unspecified atom stereocenters. The van der Waals surface area contributed by atoms with E-state index in [-0.39, 0.29) is 12.8 Å². The number of aliphatic hydroxyl groups is 1. The lowest BCUT2D eigenvalue weighted by Gasteiger charge is -2.33. The molecule has 0 spiro atoms. The van der Waals surface area contributed by atoms with E-state index in [9.17, 15) is 28.3 Å². The molecule has 4 rings (SSSR count). The number of carbonyl (C=O) groups excluding carboxylic acids is 1. The van der Waals surface area contributed by atoms with Gasteiger partial charge in [-0.2, -0.15) is 0 Å². The minimum absolute atomic E-state index is 0.143. The van der Waals surface area contributed by atoms with Gasteiger partial charge in [-0.15, -0.1) is 0 Å². The van der Waals surface area contributed by atoms with Gasteiger partial charge in [0.1, 0.15) is 6.42 Å². The van der Waals surface area contributed by atoms with Crippen molar-refractivity contribution < 1.29 is 38.5 Å². The van der Waals surface area contributed by atoms with Crippen LogP contribution in [0.5, 0.6) is 0 Å². The van der Waals surface area contributed by atoms with E-state index in [1.165, 1.54) is 0 Å². The van der Waals surface area contributed by atoms with Gasteiger partial charge in [-0.1, -0.05) is 30.3 Å². The molecule has 8 nitrogen and oxygen atoms in total. The van der Waals surface area contributed by atoms with Gasteiger partial charge in [0.2, 0.25) is 5.92 Å². The topological polar surface area (TPSA) is 136 Å². The highest BCUT2D eigenvalue weighted by molar-refractivity contribution is 5.88. The summed E-state index contributed by atoms with van der Waals surface area (Å²) in [5.74, 6) is -5.12. The zero-order chi connectivity index (χ0) is 23.5. The summed E-state index contributed by atoms with van der Waals surface area (Å²) in [5.41, 5.74) is -1.50. The Morgan fingerprint density at radius 1 is 1.09 bits per heavy atom. The molecule has 10 heteroatoms. The molecule has 2 saturated carbocycles. The number of aliphatic carboxylic acids is 2. The first-order valence-electron chi connectivity index (χ1n) is 10.6.